The van der Waals surface area contributed by atoms with Crippen LogP contribution in [0.2, 0.25) is 0 Å². The summed E-state index contributed by atoms with van der Waals surface area (Å²) in [5.74, 6) is 0.138. The van der Waals surface area contributed by atoms with Gasteiger partial charge in [-0.2, -0.15) is 13.5 Å². The monoisotopic (exact) mass is 413 g/mol. The van der Waals surface area contributed by atoms with Gasteiger partial charge in [0.05, 0.1) is 24.3 Å². The Balaban J connectivity index is 1.64. The first-order valence-electron chi connectivity index (χ1n) is 8.98. The molecule has 30 heavy (non-hydrogen) atoms. The average molecular weight is 413 g/mol. The first kappa shape index (κ1) is 19.5. The number of alkyl halides is 2. The topological polar surface area (TPSA) is 98.0 Å². The Morgan fingerprint density at radius 2 is 1.97 bits per heavy atom. The van der Waals surface area contributed by atoms with Gasteiger partial charge in [-0.3, -0.25) is 4.57 Å². The third-order valence-electron chi connectivity index (χ3n) is 4.45. The van der Waals surface area contributed by atoms with Gasteiger partial charge in [-0.1, -0.05) is 24.3 Å². The molecule has 10 heteroatoms. The highest BCUT2D eigenvalue weighted by Gasteiger charge is 2.15. The van der Waals surface area contributed by atoms with E-state index in [1.54, 1.807) is 48.9 Å². The molecule has 0 radical (unpaired) electrons. The number of aromatic amines is 1. The smallest absolute Gasteiger partial charge is 0.387 e. The molecule has 0 saturated carbocycles. The molecule has 0 unspecified atom stereocenters. The first-order chi connectivity index (χ1) is 14.5. The highest BCUT2D eigenvalue weighted by atomic mass is 19.3. The molecule has 2 aromatic heterocycles. The SMILES string of the molecule is O=c1n(-c2ccc(-c3c[nH]cn3)cc2)nc(CO)n1Cc1cccc(OC(F)F)c1. The van der Waals surface area contributed by atoms with E-state index in [1.807, 2.05) is 0 Å². The highest BCUT2D eigenvalue weighted by molar-refractivity contribution is 5.59. The van der Waals surface area contributed by atoms with Crippen LogP contribution in [0.3, 0.4) is 0 Å². The first-order valence-corrected chi connectivity index (χ1v) is 8.98. The van der Waals surface area contributed by atoms with Crippen molar-refractivity contribution in [2.24, 2.45) is 0 Å². The zero-order valence-electron chi connectivity index (χ0n) is 15.6. The van der Waals surface area contributed by atoms with Gasteiger partial charge in [0, 0.05) is 11.8 Å². The lowest BCUT2D eigenvalue weighted by Crippen LogP contribution is -2.25. The van der Waals surface area contributed by atoms with Crippen molar-refractivity contribution in [2.45, 2.75) is 19.8 Å². The normalized spacial score (nSPS) is 11.2. The van der Waals surface area contributed by atoms with E-state index in [4.69, 9.17) is 0 Å². The van der Waals surface area contributed by atoms with Crippen molar-refractivity contribution in [1.29, 1.82) is 0 Å². The second kappa shape index (κ2) is 8.29. The molecule has 8 nitrogen and oxygen atoms in total. The van der Waals surface area contributed by atoms with Crippen molar-refractivity contribution < 1.29 is 18.6 Å². The van der Waals surface area contributed by atoms with Crippen LogP contribution < -0.4 is 10.4 Å². The molecule has 2 N–H and O–H groups in total. The van der Waals surface area contributed by atoms with Gasteiger partial charge in [0.2, 0.25) is 0 Å². The van der Waals surface area contributed by atoms with Crippen molar-refractivity contribution in [2.75, 3.05) is 0 Å². The molecular weight excluding hydrogens is 396 g/mol. The summed E-state index contributed by atoms with van der Waals surface area (Å²) >= 11 is 0. The summed E-state index contributed by atoms with van der Waals surface area (Å²) in [6, 6.07) is 13.1. The summed E-state index contributed by atoms with van der Waals surface area (Å²) < 4.78 is 31.7. The number of hydrogen-bond donors (Lipinski definition) is 2. The minimum Gasteiger partial charge on any atom is -0.435 e. The Hall–Kier alpha value is -3.79. The lowest BCUT2D eigenvalue weighted by molar-refractivity contribution is -0.0498. The molecule has 0 spiro atoms. The highest BCUT2D eigenvalue weighted by Crippen LogP contribution is 2.19. The fourth-order valence-electron chi connectivity index (χ4n) is 3.08. The van der Waals surface area contributed by atoms with E-state index < -0.39 is 18.9 Å². The molecular formula is C20H17F2N5O3. The lowest BCUT2D eigenvalue weighted by atomic mass is 10.1. The third kappa shape index (κ3) is 3.98. The predicted octanol–water partition coefficient (Wildman–Crippen LogP) is 2.57. The van der Waals surface area contributed by atoms with Crippen LogP contribution in [0.25, 0.3) is 16.9 Å². The quantitative estimate of drug-likeness (QED) is 0.485. The molecule has 0 bridgehead atoms. The van der Waals surface area contributed by atoms with Gasteiger partial charge in [-0.05, 0) is 29.8 Å². The molecule has 2 heterocycles. The van der Waals surface area contributed by atoms with E-state index in [0.29, 0.717) is 11.3 Å². The number of benzene rings is 2. The average Bonchev–Trinajstić information content (AvgIpc) is 3.37. The molecule has 0 amide bonds. The molecule has 2 aromatic carbocycles. The molecule has 0 fully saturated rings. The molecule has 0 aliphatic carbocycles. The number of rotatable bonds is 7. The number of aromatic nitrogens is 5. The van der Waals surface area contributed by atoms with E-state index in [1.165, 1.54) is 21.4 Å². The van der Waals surface area contributed by atoms with Crippen molar-refractivity contribution in [3.8, 4) is 22.7 Å². The summed E-state index contributed by atoms with van der Waals surface area (Å²) in [5.41, 5.74) is 2.24. The summed E-state index contributed by atoms with van der Waals surface area (Å²) in [5, 5.41) is 13.9. The van der Waals surface area contributed by atoms with Gasteiger partial charge < -0.3 is 14.8 Å². The van der Waals surface area contributed by atoms with Crippen LogP contribution in [0.1, 0.15) is 11.4 Å². The van der Waals surface area contributed by atoms with Gasteiger partial charge in [0.15, 0.2) is 5.82 Å². The maximum absolute atomic E-state index is 12.9. The van der Waals surface area contributed by atoms with Crippen LogP contribution in [0.5, 0.6) is 5.75 Å². The standard InChI is InChI=1S/C20H17F2N5O3/c21-19(22)30-16-3-1-2-13(8-16)10-26-18(11-28)25-27(20(26)29)15-6-4-14(5-7-15)17-9-23-12-24-17/h1-9,12,19,28H,10-11H2,(H,23,24). The molecule has 0 atom stereocenters. The fraction of sp³-hybridized carbons (Fsp3) is 0.150. The largest absolute Gasteiger partial charge is 0.435 e. The zero-order valence-corrected chi connectivity index (χ0v) is 15.6. The number of aliphatic hydroxyl groups is 1. The summed E-state index contributed by atoms with van der Waals surface area (Å²) in [4.78, 5) is 20.0. The predicted molar refractivity (Wildman–Crippen MR) is 104 cm³/mol. The Morgan fingerprint density at radius 3 is 2.63 bits per heavy atom. The Morgan fingerprint density at radius 1 is 1.17 bits per heavy atom. The van der Waals surface area contributed by atoms with Gasteiger partial charge in [-0.15, -0.1) is 5.10 Å². The summed E-state index contributed by atoms with van der Waals surface area (Å²) in [6.45, 7) is -3.36. The minimum atomic E-state index is -2.94. The van der Waals surface area contributed by atoms with E-state index in [9.17, 15) is 18.7 Å². The van der Waals surface area contributed by atoms with Crippen LogP contribution in [0.4, 0.5) is 8.78 Å². The lowest BCUT2D eigenvalue weighted by Gasteiger charge is -2.08. The molecule has 4 rings (SSSR count). The van der Waals surface area contributed by atoms with E-state index in [2.05, 4.69) is 19.8 Å². The Kier molecular flexibility index (Phi) is 5.40. The van der Waals surface area contributed by atoms with Crippen LogP contribution in [-0.4, -0.2) is 36.0 Å². The molecule has 4 aromatic rings. The molecule has 0 aliphatic rings. The van der Waals surface area contributed by atoms with Crippen molar-refractivity contribution in [3.63, 3.8) is 0 Å². The number of nitrogens with zero attached hydrogens (tertiary/aromatic N) is 4. The van der Waals surface area contributed by atoms with E-state index in [-0.39, 0.29) is 18.1 Å². The second-order valence-electron chi connectivity index (χ2n) is 6.38. The van der Waals surface area contributed by atoms with Crippen molar-refractivity contribution >= 4 is 0 Å². The van der Waals surface area contributed by atoms with E-state index in [0.717, 1.165) is 11.3 Å². The Bertz CT molecular complexity index is 1180. The van der Waals surface area contributed by atoms with Crippen molar-refractivity contribution in [1.82, 2.24) is 24.3 Å². The number of ether oxygens (including phenoxy) is 1. The van der Waals surface area contributed by atoms with Gasteiger partial charge in [0.1, 0.15) is 12.4 Å². The van der Waals surface area contributed by atoms with Crippen LogP contribution in [-0.2, 0) is 13.2 Å². The maximum atomic E-state index is 12.9. The van der Waals surface area contributed by atoms with Crippen LogP contribution in [0.15, 0.2) is 65.8 Å². The number of hydrogen-bond acceptors (Lipinski definition) is 5. The fourth-order valence-corrected chi connectivity index (χ4v) is 3.08. The third-order valence-corrected chi connectivity index (χ3v) is 4.45. The number of halogens is 2. The zero-order chi connectivity index (χ0) is 21.1. The Labute approximate surface area is 169 Å². The summed E-state index contributed by atoms with van der Waals surface area (Å²) in [6.07, 6.45) is 3.33. The van der Waals surface area contributed by atoms with Crippen LogP contribution in [0, 0.1) is 0 Å². The number of imidazole rings is 1. The van der Waals surface area contributed by atoms with Gasteiger partial charge in [-0.25, -0.2) is 9.78 Å². The molecule has 154 valence electrons. The minimum absolute atomic E-state index is 0.0116. The van der Waals surface area contributed by atoms with Gasteiger partial charge in [0.25, 0.3) is 0 Å². The number of nitrogens with one attached hydrogen (secondary N) is 1. The number of aliphatic hydroxyl groups excluding tert-OH is 1. The maximum Gasteiger partial charge on any atom is 0.387 e. The van der Waals surface area contributed by atoms with Crippen LogP contribution >= 0.6 is 0 Å². The van der Waals surface area contributed by atoms with Gasteiger partial charge >= 0.3 is 12.3 Å². The second-order valence-corrected chi connectivity index (χ2v) is 6.38. The van der Waals surface area contributed by atoms with Crippen molar-refractivity contribution in [3.05, 3.63) is 82.9 Å². The summed E-state index contributed by atoms with van der Waals surface area (Å²) in [7, 11) is 0. The number of H-pyrrole nitrogens is 1. The molecule has 0 aliphatic heterocycles. The molecule has 0 saturated heterocycles. The van der Waals surface area contributed by atoms with E-state index >= 15 is 0 Å².